The Labute approximate surface area is 324 Å². The van der Waals surface area contributed by atoms with E-state index >= 15 is 0 Å². The normalized spacial score (nSPS) is 13.8. The van der Waals surface area contributed by atoms with E-state index in [1.807, 2.05) is 45.2 Å². The Balaban J connectivity index is 0.000000312. The Hall–Kier alpha value is -3.15. The fourth-order valence-corrected chi connectivity index (χ4v) is 10.7. The third-order valence-electron chi connectivity index (χ3n) is 10.5. The Kier molecular flexibility index (Phi) is 13.3. The molecule has 1 radical (unpaired) electrons. The molecule has 1 aliphatic rings. The number of aliphatic hydroxyl groups excluding tert-OH is 1. The molecular weight excluding hydrogens is 839 g/mol. The predicted molar refractivity (Wildman–Crippen MR) is 220 cm³/mol. The summed E-state index contributed by atoms with van der Waals surface area (Å²) in [5.74, 6) is 0.547. The van der Waals surface area contributed by atoms with Crippen LogP contribution in [0.3, 0.4) is 0 Å². The number of pyridine rings is 1. The van der Waals surface area contributed by atoms with Crippen molar-refractivity contribution in [2.45, 2.75) is 99.6 Å². The number of aryl methyl sites for hydroxylation is 1. The second-order valence-electron chi connectivity index (χ2n) is 15.3. The van der Waals surface area contributed by atoms with Crippen molar-refractivity contribution >= 4 is 57.3 Å². The third kappa shape index (κ3) is 8.57. The van der Waals surface area contributed by atoms with E-state index < -0.39 is 8.07 Å². The van der Waals surface area contributed by atoms with Gasteiger partial charge in [0.25, 0.3) is 0 Å². The van der Waals surface area contributed by atoms with Gasteiger partial charge >= 0.3 is 0 Å². The smallest absolute Gasteiger partial charge is 0.162 e. The standard InChI is InChI=1S/C32H30NSSi.C13H24O2.Ir/c1-20-25-13-15-33-29(24-17-21-9-7-8-10-26(21)27(19-24)32(2,3)4)31(25)34-30(20)23-11-12-28-22(18-23)14-16-35(28,5)6;1-5-10(6-2)12(14)9-13(15)11(7-3)8-4;/h7-16,18-19H,1-6H3;9-11,14H,5-8H2,1-4H3;/q-1;;/b;12-9-;. The van der Waals surface area contributed by atoms with E-state index in [0.717, 1.165) is 42.3 Å². The molecule has 0 saturated heterocycles. The second-order valence-corrected chi connectivity index (χ2v) is 20.7. The van der Waals surface area contributed by atoms with Gasteiger partial charge in [-0.1, -0.05) is 115 Å². The molecule has 3 aromatic carbocycles. The van der Waals surface area contributed by atoms with E-state index in [4.69, 9.17) is 4.98 Å². The number of carbonyl (C=O) groups excluding carboxylic acids is 1. The van der Waals surface area contributed by atoms with Gasteiger partial charge in [0, 0.05) is 59.5 Å². The van der Waals surface area contributed by atoms with Crippen molar-refractivity contribution in [2.24, 2.45) is 11.8 Å². The minimum absolute atomic E-state index is 0. The predicted octanol–water partition coefficient (Wildman–Crippen LogP) is 12.5. The molecule has 0 fully saturated rings. The monoisotopic (exact) mass is 893 g/mol. The molecule has 0 aliphatic carbocycles. The number of aromatic nitrogens is 1. The maximum absolute atomic E-state index is 11.7. The number of hydrogen-bond acceptors (Lipinski definition) is 4. The van der Waals surface area contributed by atoms with Crippen LogP contribution in [-0.2, 0) is 30.3 Å². The molecule has 0 spiro atoms. The van der Waals surface area contributed by atoms with Crippen LogP contribution in [0.1, 0.15) is 90.8 Å². The number of benzene rings is 3. The zero-order valence-corrected chi connectivity index (χ0v) is 36.2. The number of carbonyl (C=O) groups is 1. The summed E-state index contributed by atoms with van der Waals surface area (Å²) in [6.07, 6.45) is 9.20. The van der Waals surface area contributed by atoms with Gasteiger partial charge in [0.15, 0.2) is 5.78 Å². The molecule has 2 aromatic heterocycles. The maximum Gasteiger partial charge on any atom is 0.162 e. The molecule has 3 nitrogen and oxygen atoms in total. The molecular formula is C45H54IrNO2SSi-. The van der Waals surface area contributed by atoms with Gasteiger partial charge in [-0.3, -0.25) is 9.78 Å². The van der Waals surface area contributed by atoms with Gasteiger partial charge in [-0.15, -0.1) is 40.5 Å². The van der Waals surface area contributed by atoms with Crippen LogP contribution in [0.15, 0.2) is 78.3 Å². The molecule has 0 atom stereocenters. The summed E-state index contributed by atoms with van der Waals surface area (Å²) in [4.78, 5) is 18.0. The topological polar surface area (TPSA) is 50.2 Å². The van der Waals surface area contributed by atoms with Crippen molar-refractivity contribution < 1.29 is 30.0 Å². The Morgan fingerprint density at radius 2 is 1.61 bits per heavy atom. The van der Waals surface area contributed by atoms with Gasteiger partial charge in [-0.05, 0) is 77.4 Å². The number of allylic oxidation sites excluding steroid dienone is 2. The number of aliphatic hydroxyl groups is 1. The van der Waals surface area contributed by atoms with Gasteiger partial charge < -0.3 is 5.11 Å². The summed E-state index contributed by atoms with van der Waals surface area (Å²) in [5.41, 5.74) is 9.97. The molecule has 0 bridgehead atoms. The summed E-state index contributed by atoms with van der Waals surface area (Å²) in [6, 6.07) is 23.9. The molecule has 0 saturated carbocycles. The summed E-state index contributed by atoms with van der Waals surface area (Å²) in [7, 11) is -1.42. The number of fused-ring (bicyclic) bond motifs is 3. The van der Waals surface area contributed by atoms with Crippen molar-refractivity contribution in [2.75, 3.05) is 0 Å². The quantitative estimate of drug-likeness (QED) is 0.0694. The van der Waals surface area contributed by atoms with E-state index in [1.165, 1.54) is 48.7 Å². The van der Waals surface area contributed by atoms with Crippen molar-refractivity contribution in [1.29, 1.82) is 0 Å². The maximum atomic E-state index is 11.7. The van der Waals surface area contributed by atoms with Gasteiger partial charge in [0.2, 0.25) is 0 Å². The van der Waals surface area contributed by atoms with Gasteiger partial charge in [0.05, 0.1) is 5.76 Å². The van der Waals surface area contributed by atoms with Crippen molar-refractivity contribution in [1.82, 2.24) is 4.98 Å². The van der Waals surface area contributed by atoms with E-state index in [9.17, 15) is 9.90 Å². The Bertz CT molecular complexity index is 2080. The number of thiophene rings is 1. The third-order valence-corrected chi connectivity index (χ3v) is 14.7. The average Bonchev–Trinajstić information content (AvgIpc) is 3.59. The van der Waals surface area contributed by atoms with Crippen LogP contribution in [0, 0.1) is 24.8 Å². The van der Waals surface area contributed by atoms with Crippen LogP contribution in [0.4, 0.5) is 0 Å². The minimum atomic E-state index is -1.42. The first-order chi connectivity index (χ1) is 23.7. The Morgan fingerprint density at radius 1 is 0.941 bits per heavy atom. The van der Waals surface area contributed by atoms with Crippen LogP contribution in [0.2, 0.25) is 13.1 Å². The summed E-state index contributed by atoms with van der Waals surface area (Å²) < 4.78 is 1.25. The first kappa shape index (κ1) is 40.6. The first-order valence-electron chi connectivity index (χ1n) is 18.4. The van der Waals surface area contributed by atoms with Crippen LogP contribution in [-0.4, -0.2) is 23.9 Å². The number of ketones is 1. The number of hydrogen-bond donors (Lipinski definition) is 1. The molecule has 5 aromatic rings. The van der Waals surface area contributed by atoms with Crippen molar-refractivity contribution in [3.63, 3.8) is 0 Å². The zero-order valence-electron chi connectivity index (χ0n) is 32.0. The molecule has 0 unspecified atom stereocenters. The van der Waals surface area contributed by atoms with E-state index in [0.29, 0.717) is 0 Å². The SMILES string of the molecule is CCC(CC)C(=O)/C=C(\O)C(CC)CC.Cc1c(-c2ccc3c(c2)C=C[Si]3(C)C)sc2c(-c3[c-]c4ccccc4c(C(C)(C)C)c3)nccc12.[Ir]. The largest absolute Gasteiger partial charge is 0.512 e. The van der Waals surface area contributed by atoms with Crippen LogP contribution in [0.5, 0.6) is 0 Å². The molecule has 6 rings (SSSR count). The fourth-order valence-electron chi connectivity index (χ4n) is 7.19. The fraction of sp³-hybridized carbons (Fsp3) is 0.378. The van der Waals surface area contributed by atoms with Crippen LogP contribution in [0.25, 0.3) is 48.6 Å². The van der Waals surface area contributed by atoms with Gasteiger partial charge in [0.1, 0.15) is 8.07 Å². The van der Waals surface area contributed by atoms with Gasteiger partial charge in [-0.25, -0.2) is 0 Å². The summed E-state index contributed by atoms with van der Waals surface area (Å²) in [6.45, 7) is 22.0. The molecule has 3 heterocycles. The second kappa shape index (κ2) is 16.7. The summed E-state index contributed by atoms with van der Waals surface area (Å²) >= 11 is 1.87. The zero-order chi connectivity index (χ0) is 36.4. The van der Waals surface area contributed by atoms with Crippen molar-refractivity contribution in [3.05, 3.63) is 101 Å². The van der Waals surface area contributed by atoms with Crippen LogP contribution < -0.4 is 5.19 Å². The molecule has 51 heavy (non-hydrogen) atoms. The minimum Gasteiger partial charge on any atom is -0.512 e. The van der Waals surface area contributed by atoms with Crippen molar-refractivity contribution in [3.8, 4) is 21.7 Å². The molecule has 1 N–H and O–H groups in total. The van der Waals surface area contributed by atoms with E-state index in [2.05, 4.69) is 113 Å². The van der Waals surface area contributed by atoms with E-state index in [1.54, 1.807) is 5.19 Å². The molecule has 271 valence electrons. The molecule has 1 aliphatic heterocycles. The van der Waals surface area contributed by atoms with Crippen LogP contribution >= 0.6 is 11.3 Å². The molecule has 6 heteroatoms. The average molecular weight is 893 g/mol. The number of nitrogens with zero attached hydrogens (tertiary/aromatic N) is 1. The Morgan fingerprint density at radius 3 is 2.25 bits per heavy atom. The van der Waals surface area contributed by atoms with Gasteiger partial charge in [-0.2, -0.15) is 0 Å². The summed E-state index contributed by atoms with van der Waals surface area (Å²) in [5, 5.41) is 15.0. The first-order valence-corrected chi connectivity index (χ1v) is 22.3. The number of rotatable bonds is 9. The molecule has 0 amide bonds. The van der Waals surface area contributed by atoms with E-state index in [-0.39, 0.29) is 48.9 Å².